The van der Waals surface area contributed by atoms with Crippen molar-refractivity contribution in [3.05, 3.63) is 53.2 Å². The van der Waals surface area contributed by atoms with Crippen LogP contribution in [-0.2, 0) is 6.42 Å². The number of rotatable bonds is 3. The Morgan fingerprint density at radius 2 is 1.82 bits per heavy atom. The van der Waals surface area contributed by atoms with Gasteiger partial charge in [-0.1, -0.05) is 23.3 Å². The fourth-order valence-electron chi connectivity index (χ4n) is 2.13. The van der Waals surface area contributed by atoms with Gasteiger partial charge < -0.3 is 5.11 Å². The average Bonchev–Trinajstić information content (AvgIpc) is 2.29. The molecule has 0 aliphatic heterocycles. The van der Waals surface area contributed by atoms with Gasteiger partial charge in [0.1, 0.15) is 0 Å². The summed E-state index contributed by atoms with van der Waals surface area (Å²) in [7, 11) is 0. The van der Waals surface area contributed by atoms with Crippen molar-refractivity contribution in [2.45, 2.75) is 20.3 Å². The van der Waals surface area contributed by atoms with Crippen LogP contribution in [0.2, 0.25) is 0 Å². The topological polar surface area (TPSA) is 33.1 Å². The molecule has 0 saturated carbocycles. The number of pyridine rings is 1. The fraction of sp³-hybridized carbons (Fsp3) is 0.267. The van der Waals surface area contributed by atoms with E-state index in [-0.39, 0.29) is 6.61 Å². The van der Waals surface area contributed by atoms with Gasteiger partial charge in [-0.25, -0.2) is 0 Å². The molecule has 0 aliphatic carbocycles. The van der Waals surface area contributed by atoms with E-state index in [0.717, 1.165) is 16.8 Å². The molecule has 2 rings (SSSR count). The van der Waals surface area contributed by atoms with Crippen LogP contribution in [0.5, 0.6) is 0 Å². The van der Waals surface area contributed by atoms with Gasteiger partial charge in [0.15, 0.2) is 0 Å². The minimum absolute atomic E-state index is 0.156. The highest BCUT2D eigenvalue weighted by Crippen LogP contribution is 2.23. The molecule has 1 aromatic heterocycles. The molecular weight excluding hydrogens is 210 g/mol. The van der Waals surface area contributed by atoms with Crippen molar-refractivity contribution < 1.29 is 5.11 Å². The molecule has 0 amide bonds. The number of hydrogen-bond donors (Lipinski definition) is 1. The van der Waals surface area contributed by atoms with E-state index < -0.39 is 0 Å². The summed E-state index contributed by atoms with van der Waals surface area (Å²) in [6.07, 6.45) is 2.45. The molecular formula is C15H17NO. The number of hydrogen-bond acceptors (Lipinski definition) is 2. The second-order valence-electron chi connectivity index (χ2n) is 4.36. The van der Waals surface area contributed by atoms with Crippen molar-refractivity contribution >= 4 is 0 Å². The maximum absolute atomic E-state index is 9.07. The van der Waals surface area contributed by atoms with Crippen molar-refractivity contribution in [1.29, 1.82) is 0 Å². The molecule has 0 spiro atoms. The molecule has 0 bridgehead atoms. The Bertz CT molecular complexity index is 500. The predicted molar refractivity (Wildman–Crippen MR) is 69.9 cm³/mol. The van der Waals surface area contributed by atoms with Crippen molar-refractivity contribution in [2.24, 2.45) is 0 Å². The lowest BCUT2D eigenvalue weighted by Gasteiger charge is -2.09. The van der Waals surface area contributed by atoms with E-state index in [1.807, 2.05) is 12.1 Å². The van der Waals surface area contributed by atoms with E-state index in [9.17, 15) is 0 Å². The van der Waals surface area contributed by atoms with Gasteiger partial charge in [0.25, 0.3) is 0 Å². The Kier molecular flexibility index (Phi) is 3.55. The quantitative estimate of drug-likeness (QED) is 0.874. The van der Waals surface area contributed by atoms with Gasteiger partial charge in [-0.2, -0.15) is 0 Å². The molecule has 1 N–H and O–H groups in total. The van der Waals surface area contributed by atoms with Crippen molar-refractivity contribution in [2.75, 3.05) is 6.61 Å². The number of aliphatic hydroxyl groups is 1. The molecule has 0 aliphatic rings. The van der Waals surface area contributed by atoms with Gasteiger partial charge >= 0.3 is 0 Å². The summed E-state index contributed by atoms with van der Waals surface area (Å²) in [5, 5.41) is 9.07. The van der Waals surface area contributed by atoms with Gasteiger partial charge in [0.2, 0.25) is 0 Å². The molecule has 2 heteroatoms. The molecule has 17 heavy (non-hydrogen) atoms. The van der Waals surface area contributed by atoms with Crippen LogP contribution in [0.1, 0.15) is 16.7 Å². The molecule has 2 aromatic rings. The molecule has 0 radical (unpaired) electrons. The summed E-state index contributed by atoms with van der Waals surface area (Å²) in [6, 6.07) is 10.4. The van der Waals surface area contributed by atoms with E-state index >= 15 is 0 Å². The third kappa shape index (κ3) is 2.71. The first-order chi connectivity index (χ1) is 8.20. The number of benzene rings is 1. The Balaban J connectivity index is 2.51. The first-order valence-electron chi connectivity index (χ1n) is 5.84. The van der Waals surface area contributed by atoms with Crippen LogP contribution in [0.15, 0.2) is 36.5 Å². The van der Waals surface area contributed by atoms with E-state index in [1.54, 1.807) is 6.20 Å². The van der Waals surface area contributed by atoms with Gasteiger partial charge in [-0.3, -0.25) is 4.98 Å². The Morgan fingerprint density at radius 1 is 1.12 bits per heavy atom. The number of aliphatic hydroxyl groups excluding tert-OH is 1. The Hall–Kier alpha value is -1.67. The zero-order chi connectivity index (χ0) is 12.3. The van der Waals surface area contributed by atoms with Crippen molar-refractivity contribution in [3.8, 4) is 11.3 Å². The summed E-state index contributed by atoms with van der Waals surface area (Å²) >= 11 is 0. The van der Waals surface area contributed by atoms with E-state index in [4.69, 9.17) is 5.11 Å². The van der Waals surface area contributed by atoms with Crippen LogP contribution >= 0.6 is 0 Å². The second kappa shape index (κ2) is 5.11. The van der Waals surface area contributed by atoms with Gasteiger partial charge in [-0.15, -0.1) is 0 Å². The monoisotopic (exact) mass is 227 g/mol. The Labute approximate surface area is 102 Å². The van der Waals surface area contributed by atoms with E-state index in [2.05, 4.69) is 37.0 Å². The minimum atomic E-state index is 0.156. The summed E-state index contributed by atoms with van der Waals surface area (Å²) in [6.45, 7) is 4.33. The summed E-state index contributed by atoms with van der Waals surface area (Å²) in [5.41, 5.74) is 5.68. The molecule has 0 unspecified atom stereocenters. The van der Waals surface area contributed by atoms with Crippen molar-refractivity contribution in [1.82, 2.24) is 4.98 Å². The number of aryl methyl sites for hydroxylation is 2. The SMILES string of the molecule is Cc1cc(C)cc(-c2ncccc2CCO)c1. The van der Waals surface area contributed by atoms with Crippen LogP contribution < -0.4 is 0 Å². The normalized spacial score (nSPS) is 10.5. The predicted octanol–water partition coefficient (Wildman–Crippen LogP) is 2.90. The molecule has 0 atom stereocenters. The Morgan fingerprint density at radius 3 is 2.47 bits per heavy atom. The summed E-state index contributed by atoms with van der Waals surface area (Å²) in [5.74, 6) is 0. The van der Waals surface area contributed by atoms with Gasteiger partial charge in [0, 0.05) is 18.4 Å². The fourth-order valence-corrected chi connectivity index (χ4v) is 2.13. The molecule has 1 heterocycles. The first-order valence-corrected chi connectivity index (χ1v) is 5.84. The van der Waals surface area contributed by atoms with E-state index in [0.29, 0.717) is 6.42 Å². The minimum Gasteiger partial charge on any atom is -0.396 e. The summed E-state index contributed by atoms with van der Waals surface area (Å²) < 4.78 is 0. The zero-order valence-corrected chi connectivity index (χ0v) is 10.3. The number of aromatic nitrogens is 1. The lowest BCUT2D eigenvalue weighted by Crippen LogP contribution is -1.97. The van der Waals surface area contributed by atoms with Crippen LogP contribution in [0.4, 0.5) is 0 Å². The van der Waals surface area contributed by atoms with Gasteiger partial charge in [-0.05, 0) is 44.0 Å². The lowest BCUT2D eigenvalue weighted by atomic mass is 10.00. The molecule has 0 saturated heterocycles. The third-order valence-corrected chi connectivity index (χ3v) is 2.77. The number of nitrogens with zero attached hydrogens (tertiary/aromatic N) is 1. The average molecular weight is 227 g/mol. The highest BCUT2D eigenvalue weighted by Gasteiger charge is 2.06. The highest BCUT2D eigenvalue weighted by atomic mass is 16.2. The lowest BCUT2D eigenvalue weighted by molar-refractivity contribution is 0.299. The second-order valence-corrected chi connectivity index (χ2v) is 4.36. The highest BCUT2D eigenvalue weighted by molar-refractivity contribution is 5.64. The molecule has 88 valence electrons. The van der Waals surface area contributed by atoms with Crippen LogP contribution in [0.25, 0.3) is 11.3 Å². The smallest absolute Gasteiger partial charge is 0.0734 e. The molecule has 0 fully saturated rings. The van der Waals surface area contributed by atoms with E-state index in [1.165, 1.54) is 11.1 Å². The largest absolute Gasteiger partial charge is 0.396 e. The van der Waals surface area contributed by atoms with Gasteiger partial charge in [0.05, 0.1) is 5.69 Å². The maximum Gasteiger partial charge on any atom is 0.0734 e. The summed E-state index contributed by atoms with van der Waals surface area (Å²) in [4.78, 5) is 4.44. The van der Waals surface area contributed by atoms with Crippen molar-refractivity contribution in [3.63, 3.8) is 0 Å². The maximum atomic E-state index is 9.07. The first kappa shape index (κ1) is 11.8. The van der Waals surface area contributed by atoms with Crippen LogP contribution in [0.3, 0.4) is 0 Å². The molecule has 1 aromatic carbocycles. The standard InChI is InChI=1S/C15H17NO/c1-11-8-12(2)10-14(9-11)15-13(5-7-17)4-3-6-16-15/h3-4,6,8-10,17H,5,7H2,1-2H3. The third-order valence-electron chi connectivity index (χ3n) is 2.77. The van der Waals surface area contributed by atoms with Crippen LogP contribution in [-0.4, -0.2) is 16.7 Å². The zero-order valence-electron chi connectivity index (χ0n) is 10.3. The molecule has 2 nitrogen and oxygen atoms in total. The van der Waals surface area contributed by atoms with Crippen LogP contribution in [0, 0.1) is 13.8 Å².